The topological polar surface area (TPSA) is 57.6 Å². The van der Waals surface area contributed by atoms with Crippen molar-refractivity contribution in [1.82, 2.24) is 4.90 Å². The molecule has 0 heterocycles. The van der Waals surface area contributed by atoms with Crippen LogP contribution in [0.5, 0.6) is 0 Å². The van der Waals surface area contributed by atoms with Gasteiger partial charge in [-0.05, 0) is 38.5 Å². The predicted molar refractivity (Wildman–Crippen MR) is 63.5 cm³/mol. The standard InChI is InChI=1S/C13H21NO3/c1-13(12(16)17,10-5-3-2-4-6-10)14(9-15)11-7-8-11/h9-11H,2-8H2,1H3,(H,16,17). The maximum Gasteiger partial charge on any atom is 0.329 e. The molecule has 0 aromatic heterocycles. The first-order valence-electron chi connectivity index (χ1n) is 6.58. The monoisotopic (exact) mass is 239 g/mol. The third kappa shape index (κ3) is 2.17. The lowest BCUT2D eigenvalue weighted by Crippen LogP contribution is -2.58. The summed E-state index contributed by atoms with van der Waals surface area (Å²) >= 11 is 0. The zero-order valence-corrected chi connectivity index (χ0v) is 10.4. The fourth-order valence-corrected chi connectivity index (χ4v) is 3.09. The molecule has 1 amide bonds. The quantitative estimate of drug-likeness (QED) is 0.747. The molecular formula is C13H21NO3. The van der Waals surface area contributed by atoms with E-state index in [9.17, 15) is 14.7 Å². The molecule has 1 unspecified atom stereocenters. The highest BCUT2D eigenvalue weighted by atomic mass is 16.4. The number of aliphatic carboxylic acids is 1. The molecule has 1 N–H and O–H groups in total. The van der Waals surface area contributed by atoms with Crippen molar-refractivity contribution in [2.24, 2.45) is 5.92 Å². The molecule has 2 fully saturated rings. The van der Waals surface area contributed by atoms with E-state index in [0.717, 1.165) is 44.9 Å². The molecule has 2 saturated carbocycles. The third-order valence-electron chi connectivity index (χ3n) is 4.42. The van der Waals surface area contributed by atoms with Gasteiger partial charge in [0.1, 0.15) is 5.54 Å². The third-order valence-corrected chi connectivity index (χ3v) is 4.42. The van der Waals surface area contributed by atoms with Gasteiger partial charge in [-0.3, -0.25) is 4.79 Å². The Bertz CT molecular complexity index is 308. The number of carbonyl (C=O) groups excluding carboxylic acids is 1. The number of amides is 1. The van der Waals surface area contributed by atoms with Gasteiger partial charge in [-0.25, -0.2) is 4.79 Å². The summed E-state index contributed by atoms with van der Waals surface area (Å²) in [6, 6.07) is 0.163. The van der Waals surface area contributed by atoms with Crippen molar-refractivity contribution < 1.29 is 14.7 Å². The van der Waals surface area contributed by atoms with Crippen LogP contribution in [0.25, 0.3) is 0 Å². The number of carboxylic acids is 1. The number of nitrogens with zero attached hydrogens (tertiary/aromatic N) is 1. The highest BCUT2D eigenvalue weighted by molar-refractivity contribution is 5.81. The van der Waals surface area contributed by atoms with E-state index in [2.05, 4.69) is 0 Å². The Morgan fingerprint density at radius 3 is 2.24 bits per heavy atom. The first-order chi connectivity index (χ1) is 8.10. The fraction of sp³-hybridized carbons (Fsp3) is 0.846. The van der Waals surface area contributed by atoms with Gasteiger partial charge in [0.15, 0.2) is 0 Å². The van der Waals surface area contributed by atoms with Gasteiger partial charge in [0.05, 0.1) is 0 Å². The SMILES string of the molecule is CC(C(=O)O)(C1CCCCC1)N(C=O)C1CC1. The summed E-state index contributed by atoms with van der Waals surface area (Å²) in [5.41, 5.74) is -0.997. The summed E-state index contributed by atoms with van der Waals surface area (Å²) in [5.74, 6) is -0.733. The minimum absolute atomic E-state index is 0.111. The zero-order valence-electron chi connectivity index (χ0n) is 10.4. The van der Waals surface area contributed by atoms with E-state index in [1.807, 2.05) is 0 Å². The summed E-state index contributed by atoms with van der Waals surface area (Å²) in [4.78, 5) is 24.5. The van der Waals surface area contributed by atoms with E-state index in [-0.39, 0.29) is 12.0 Å². The maximum absolute atomic E-state index is 11.7. The largest absolute Gasteiger partial charge is 0.479 e. The van der Waals surface area contributed by atoms with Crippen molar-refractivity contribution in [3.05, 3.63) is 0 Å². The van der Waals surface area contributed by atoms with Crippen molar-refractivity contribution in [2.45, 2.75) is 63.5 Å². The van der Waals surface area contributed by atoms with Crippen molar-refractivity contribution in [3.63, 3.8) is 0 Å². The molecule has 0 bridgehead atoms. The molecule has 96 valence electrons. The Balaban J connectivity index is 2.22. The van der Waals surface area contributed by atoms with Gasteiger partial charge in [0.2, 0.25) is 6.41 Å². The lowest BCUT2D eigenvalue weighted by atomic mass is 9.74. The van der Waals surface area contributed by atoms with Gasteiger partial charge < -0.3 is 10.0 Å². The number of carbonyl (C=O) groups is 2. The first kappa shape index (κ1) is 12.4. The highest BCUT2D eigenvalue weighted by Gasteiger charge is 2.50. The van der Waals surface area contributed by atoms with Crippen LogP contribution >= 0.6 is 0 Å². The van der Waals surface area contributed by atoms with Crippen molar-refractivity contribution >= 4 is 12.4 Å². The van der Waals surface area contributed by atoms with E-state index in [0.29, 0.717) is 0 Å². The van der Waals surface area contributed by atoms with Crippen LogP contribution < -0.4 is 0 Å². The number of hydrogen-bond acceptors (Lipinski definition) is 2. The maximum atomic E-state index is 11.7. The summed E-state index contributed by atoms with van der Waals surface area (Å²) < 4.78 is 0. The van der Waals surface area contributed by atoms with Crippen LogP contribution in [0, 0.1) is 5.92 Å². The van der Waals surface area contributed by atoms with Crippen LogP contribution in [0.1, 0.15) is 51.9 Å². The van der Waals surface area contributed by atoms with Gasteiger partial charge in [0, 0.05) is 6.04 Å². The molecule has 0 aromatic carbocycles. The van der Waals surface area contributed by atoms with E-state index in [4.69, 9.17) is 0 Å². The highest BCUT2D eigenvalue weighted by Crippen LogP contribution is 2.41. The Morgan fingerprint density at radius 1 is 1.24 bits per heavy atom. The van der Waals surface area contributed by atoms with E-state index in [1.54, 1.807) is 11.8 Å². The normalized spacial score (nSPS) is 25.0. The molecular weight excluding hydrogens is 218 g/mol. The average molecular weight is 239 g/mol. The van der Waals surface area contributed by atoms with E-state index in [1.165, 1.54) is 6.42 Å². The van der Waals surface area contributed by atoms with E-state index >= 15 is 0 Å². The van der Waals surface area contributed by atoms with Crippen LogP contribution in [-0.4, -0.2) is 34.0 Å². The Kier molecular flexibility index (Phi) is 3.40. The van der Waals surface area contributed by atoms with Gasteiger partial charge in [-0.1, -0.05) is 19.3 Å². The molecule has 0 radical (unpaired) electrons. The number of carboxylic acid groups (broad SMARTS) is 1. The van der Waals surface area contributed by atoms with Gasteiger partial charge in [-0.15, -0.1) is 0 Å². The number of hydrogen-bond donors (Lipinski definition) is 1. The summed E-state index contributed by atoms with van der Waals surface area (Å²) in [6.45, 7) is 1.73. The summed E-state index contributed by atoms with van der Waals surface area (Å²) in [6.07, 6.45) is 7.88. The summed E-state index contributed by atoms with van der Waals surface area (Å²) in [5, 5.41) is 9.56. The molecule has 4 heteroatoms. The smallest absolute Gasteiger partial charge is 0.329 e. The lowest BCUT2D eigenvalue weighted by Gasteiger charge is -2.43. The molecule has 17 heavy (non-hydrogen) atoms. The van der Waals surface area contributed by atoms with Crippen LogP contribution in [0.3, 0.4) is 0 Å². The van der Waals surface area contributed by atoms with Crippen molar-refractivity contribution in [2.75, 3.05) is 0 Å². The second kappa shape index (κ2) is 4.67. The van der Waals surface area contributed by atoms with Crippen LogP contribution in [0.2, 0.25) is 0 Å². The first-order valence-corrected chi connectivity index (χ1v) is 6.58. The molecule has 0 spiro atoms. The van der Waals surface area contributed by atoms with Crippen LogP contribution in [0.4, 0.5) is 0 Å². The molecule has 0 aromatic rings. The second-order valence-corrected chi connectivity index (χ2v) is 5.53. The second-order valence-electron chi connectivity index (χ2n) is 5.53. The fourth-order valence-electron chi connectivity index (χ4n) is 3.09. The Morgan fingerprint density at radius 2 is 1.82 bits per heavy atom. The Labute approximate surface area is 102 Å². The zero-order chi connectivity index (χ0) is 12.5. The number of rotatable bonds is 5. The van der Waals surface area contributed by atoms with Gasteiger partial charge in [-0.2, -0.15) is 0 Å². The minimum Gasteiger partial charge on any atom is -0.479 e. The van der Waals surface area contributed by atoms with Gasteiger partial charge >= 0.3 is 5.97 Å². The van der Waals surface area contributed by atoms with E-state index < -0.39 is 11.5 Å². The lowest BCUT2D eigenvalue weighted by molar-refractivity contribution is -0.160. The molecule has 1 atom stereocenters. The molecule has 0 aliphatic heterocycles. The van der Waals surface area contributed by atoms with Crippen LogP contribution in [-0.2, 0) is 9.59 Å². The van der Waals surface area contributed by atoms with Crippen molar-refractivity contribution in [1.29, 1.82) is 0 Å². The average Bonchev–Trinajstić information content (AvgIpc) is 3.15. The molecule has 0 saturated heterocycles. The van der Waals surface area contributed by atoms with Gasteiger partial charge in [0.25, 0.3) is 0 Å². The van der Waals surface area contributed by atoms with Crippen LogP contribution in [0.15, 0.2) is 0 Å². The summed E-state index contributed by atoms with van der Waals surface area (Å²) in [7, 11) is 0. The Hall–Kier alpha value is -1.06. The predicted octanol–water partition coefficient (Wildman–Crippen LogP) is 2.03. The molecule has 4 nitrogen and oxygen atoms in total. The molecule has 2 aliphatic carbocycles. The van der Waals surface area contributed by atoms with Crippen molar-refractivity contribution in [3.8, 4) is 0 Å². The minimum atomic E-state index is -0.997. The molecule has 2 rings (SSSR count). The molecule has 2 aliphatic rings.